The Morgan fingerprint density at radius 2 is 1.73 bits per heavy atom. The quantitative estimate of drug-likeness (QED) is 0.108. The summed E-state index contributed by atoms with van der Waals surface area (Å²) in [4.78, 5) is 74.3. The van der Waals surface area contributed by atoms with Gasteiger partial charge < -0.3 is 54.5 Å². The molecular formula is C31H35NO16. The molecule has 17 heteroatoms. The Kier molecular flexibility index (Phi) is 9.51. The maximum absolute atomic E-state index is 13.4. The summed E-state index contributed by atoms with van der Waals surface area (Å²) in [5.74, 6) is -9.27. The first-order valence-corrected chi connectivity index (χ1v) is 15.1. The molecule has 17 nitrogen and oxygen atoms in total. The summed E-state index contributed by atoms with van der Waals surface area (Å²) in [6.45, 7) is 0.300. The van der Waals surface area contributed by atoms with Gasteiger partial charge in [-0.3, -0.25) is 14.4 Å². The number of hydrogen-bond acceptors (Lipinski definition) is 14. The van der Waals surface area contributed by atoms with Gasteiger partial charge in [0.05, 0.1) is 36.9 Å². The molecule has 0 amide bonds. The summed E-state index contributed by atoms with van der Waals surface area (Å²) in [5.41, 5.74) is -0.360. The molecule has 4 aliphatic rings. The molecule has 1 aromatic carbocycles. The fourth-order valence-corrected chi connectivity index (χ4v) is 7.39. The van der Waals surface area contributed by atoms with Crippen molar-refractivity contribution in [3.8, 4) is 5.75 Å². The van der Waals surface area contributed by atoms with Crippen LogP contribution in [-0.2, 0) is 61.4 Å². The van der Waals surface area contributed by atoms with Gasteiger partial charge in [0.15, 0.2) is 12.2 Å². The number of aliphatic hydroxyl groups is 3. The van der Waals surface area contributed by atoms with E-state index in [1.807, 2.05) is 13.1 Å². The van der Waals surface area contributed by atoms with Gasteiger partial charge >= 0.3 is 35.8 Å². The van der Waals surface area contributed by atoms with E-state index in [0.717, 1.165) is 11.1 Å². The molecule has 1 saturated heterocycles. The van der Waals surface area contributed by atoms with Crippen LogP contribution < -0.4 is 4.74 Å². The number of carbonyl (C=O) groups is 6. The SMILES string of the molecule is CN1CCC[C@]23c4c5ccc(CO)c4O[C@H]2C(OC(=O)C[C@H](OC(=O)C[C@H](O)C(=O)O)C(=O)O[C@@H](CC(=O)O)C(=O)O)=CC[C@@]3(O)[C@H]1C5. The van der Waals surface area contributed by atoms with Crippen LogP contribution in [0, 0.1) is 0 Å². The Morgan fingerprint density at radius 1 is 1.00 bits per heavy atom. The fraction of sp³-hybridized carbons (Fsp3) is 0.548. The van der Waals surface area contributed by atoms with Crippen molar-refractivity contribution in [1.29, 1.82) is 0 Å². The maximum Gasteiger partial charge on any atom is 0.348 e. The third kappa shape index (κ3) is 5.98. The third-order valence-electron chi connectivity index (χ3n) is 9.51. The molecule has 2 aliphatic heterocycles. The summed E-state index contributed by atoms with van der Waals surface area (Å²) in [6.07, 6.45) is -8.08. The van der Waals surface area contributed by atoms with Crippen LogP contribution >= 0.6 is 0 Å². The Labute approximate surface area is 272 Å². The van der Waals surface area contributed by atoms with Gasteiger partial charge in [-0.15, -0.1) is 0 Å². The summed E-state index contributed by atoms with van der Waals surface area (Å²) >= 11 is 0. The van der Waals surface area contributed by atoms with Crippen molar-refractivity contribution >= 4 is 35.8 Å². The molecule has 6 N–H and O–H groups in total. The second-order valence-electron chi connectivity index (χ2n) is 12.3. The number of benzene rings is 1. The van der Waals surface area contributed by atoms with Crippen LogP contribution in [0.1, 0.15) is 55.2 Å². The molecule has 1 spiro atoms. The van der Waals surface area contributed by atoms with E-state index >= 15 is 0 Å². The molecule has 2 aliphatic carbocycles. The largest absolute Gasteiger partial charge is 0.481 e. The third-order valence-corrected chi connectivity index (χ3v) is 9.51. The normalized spacial score (nSPS) is 27.1. The van der Waals surface area contributed by atoms with Crippen LogP contribution in [-0.4, -0.2) is 121 Å². The van der Waals surface area contributed by atoms with Crippen LogP contribution in [0.5, 0.6) is 5.75 Å². The van der Waals surface area contributed by atoms with Crippen molar-refractivity contribution in [2.45, 2.75) is 93.0 Å². The summed E-state index contributed by atoms with van der Waals surface area (Å²) in [6, 6.07) is 3.29. The molecular weight excluding hydrogens is 642 g/mol. The van der Waals surface area contributed by atoms with Crippen LogP contribution in [0.3, 0.4) is 0 Å². The number of hydrogen-bond donors (Lipinski definition) is 6. The van der Waals surface area contributed by atoms with Gasteiger partial charge in [0.1, 0.15) is 11.5 Å². The lowest BCUT2D eigenvalue weighted by Gasteiger charge is -2.56. The zero-order chi connectivity index (χ0) is 35.1. The van der Waals surface area contributed by atoms with E-state index in [0.29, 0.717) is 37.1 Å². The summed E-state index contributed by atoms with van der Waals surface area (Å²) in [5, 5.41) is 59.3. The first-order valence-electron chi connectivity index (χ1n) is 15.1. The Bertz CT molecular complexity index is 1570. The van der Waals surface area contributed by atoms with E-state index in [-0.39, 0.29) is 24.8 Å². The number of aliphatic hydroxyl groups excluding tert-OH is 2. The molecule has 260 valence electrons. The van der Waals surface area contributed by atoms with Gasteiger partial charge in [-0.2, -0.15) is 0 Å². The van der Waals surface area contributed by atoms with Crippen molar-refractivity contribution in [2.75, 3.05) is 13.6 Å². The van der Waals surface area contributed by atoms with Crippen LogP contribution in [0.2, 0.25) is 0 Å². The lowest BCUT2D eigenvalue weighted by atomic mass is 9.52. The highest BCUT2D eigenvalue weighted by molar-refractivity contribution is 5.88. The summed E-state index contributed by atoms with van der Waals surface area (Å²) < 4.78 is 21.7. The number of likely N-dealkylation sites (N-methyl/N-ethyl adjacent to an activating group) is 1. The number of carboxylic acid groups (broad SMARTS) is 3. The first-order chi connectivity index (χ1) is 22.6. The Morgan fingerprint density at radius 3 is 2.38 bits per heavy atom. The zero-order valence-electron chi connectivity index (χ0n) is 25.7. The molecule has 0 radical (unpaired) electrons. The minimum atomic E-state index is -2.24. The van der Waals surface area contributed by atoms with Gasteiger partial charge in [-0.1, -0.05) is 12.1 Å². The summed E-state index contributed by atoms with van der Waals surface area (Å²) in [7, 11) is 1.92. The van der Waals surface area contributed by atoms with Crippen molar-refractivity contribution in [2.24, 2.45) is 0 Å². The van der Waals surface area contributed by atoms with Crippen LogP contribution in [0.15, 0.2) is 24.0 Å². The maximum atomic E-state index is 13.4. The number of ether oxygens (including phenoxy) is 4. The molecule has 2 heterocycles. The highest BCUT2D eigenvalue weighted by Crippen LogP contribution is 2.64. The predicted molar refractivity (Wildman–Crippen MR) is 154 cm³/mol. The zero-order valence-corrected chi connectivity index (χ0v) is 25.7. The average Bonchev–Trinajstić information content (AvgIpc) is 3.35. The van der Waals surface area contributed by atoms with Gasteiger partial charge in [-0.05, 0) is 44.5 Å². The highest BCUT2D eigenvalue weighted by atomic mass is 16.6. The molecule has 0 aromatic heterocycles. The van der Waals surface area contributed by atoms with Crippen molar-refractivity contribution < 1.29 is 78.4 Å². The first kappa shape index (κ1) is 34.7. The number of esters is 3. The van der Waals surface area contributed by atoms with Gasteiger partial charge in [0, 0.05) is 23.6 Å². The van der Waals surface area contributed by atoms with E-state index in [9.17, 15) is 49.2 Å². The van der Waals surface area contributed by atoms with Crippen molar-refractivity contribution in [1.82, 2.24) is 4.90 Å². The number of rotatable bonds is 13. The molecule has 1 aromatic rings. The van der Waals surface area contributed by atoms with E-state index in [2.05, 4.69) is 4.90 Å². The average molecular weight is 678 g/mol. The Balaban J connectivity index is 1.43. The fourth-order valence-electron chi connectivity index (χ4n) is 7.39. The Hall–Kier alpha value is -4.58. The highest BCUT2D eigenvalue weighted by Gasteiger charge is 2.70. The molecule has 0 saturated carbocycles. The van der Waals surface area contributed by atoms with Crippen LogP contribution in [0.25, 0.3) is 0 Å². The van der Waals surface area contributed by atoms with E-state index < -0.39 is 90.5 Å². The smallest absolute Gasteiger partial charge is 0.348 e. The lowest BCUT2D eigenvalue weighted by Crippen LogP contribution is -2.69. The number of aliphatic carboxylic acids is 3. The number of carbonyl (C=O) groups excluding carboxylic acids is 3. The number of carboxylic acids is 3. The van der Waals surface area contributed by atoms with Crippen molar-refractivity contribution in [3.05, 3.63) is 40.7 Å². The second kappa shape index (κ2) is 13.1. The van der Waals surface area contributed by atoms with Gasteiger partial charge in [0.2, 0.25) is 12.2 Å². The standard InChI is InChI=1S/C31H35NO16/c1-32-8-2-6-30-24-14-3-4-15(13-33)25(24)48-26(30)17(5-7-31(30,44)20(32)9-14)45-23(38)12-19(46-22(37)10-16(34)27(39)40)29(43)47-18(28(41)42)11-21(35)36/h3-5,16,18-20,26,33-34,44H,2,6-13H2,1H3,(H,35,36)(H,39,40)(H,41,42)/t16-,18-,19-,20+,26-,30-,31+/m0/s1. The molecule has 7 atom stereocenters. The van der Waals surface area contributed by atoms with E-state index in [1.54, 1.807) is 6.07 Å². The van der Waals surface area contributed by atoms with Crippen LogP contribution in [0.4, 0.5) is 0 Å². The topological polar surface area (TPSA) is 264 Å². The monoisotopic (exact) mass is 677 g/mol. The molecule has 48 heavy (non-hydrogen) atoms. The predicted octanol–water partition coefficient (Wildman–Crippen LogP) is -1.00. The minimum absolute atomic E-state index is 0.0325. The minimum Gasteiger partial charge on any atom is -0.481 e. The second-order valence-corrected chi connectivity index (χ2v) is 12.3. The number of nitrogens with zero attached hydrogens (tertiary/aromatic N) is 1. The van der Waals surface area contributed by atoms with Gasteiger partial charge in [-0.25, -0.2) is 14.4 Å². The molecule has 1 fully saturated rings. The number of likely N-dealkylation sites (tertiary alicyclic amines) is 1. The lowest BCUT2D eigenvalue weighted by molar-refractivity contribution is -0.182. The molecule has 0 unspecified atom stereocenters. The van der Waals surface area contributed by atoms with Gasteiger partial charge in [0.25, 0.3) is 0 Å². The molecule has 5 rings (SSSR count). The van der Waals surface area contributed by atoms with Crippen molar-refractivity contribution in [3.63, 3.8) is 0 Å². The van der Waals surface area contributed by atoms with E-state index in [4.69, 9.17) is 29.2 Å². The molecule has 2 bridgehead atoms. The van der Waals surface area contributed by atoms with E-state index in [1.165, 1.54) is 6.08 Å².